The van der Waals surface area contributed by atoms with Gasteiger partial charge < -0.3 is 20.5 Å². The van der Waals surface area contributed by atoms with Gasteiger partial charge in [-0.3, -0.25) is 19.2 Å². The number of amides is 2. The molecule has 0 saturated heterocycles. The first kappa shape index (κ1) is 42.7. The van der Waals surface area contributed by atoms with Gasteiger partial charge in [0.2, 0.25) is 11.8 Å². The predicted molar refractivity (Wildman–Crippen MR) is 202 cm³/mol. The Bertz CT molecular complexity index is 1790. The Morgan fingerprint density at radius 1 is 0.889 bits per heavy atom. The number of para-hydroxylation sites is 1. The van der Waals surface area contributed by atoms with Crippen molar-refractivity contribution in [1.29, 1.82) is 0 Å². The standard InChI is InChI=1S/C42H56F4N4O4/c1-7-26(5)31(23-29(51)22-28-14-11-12-17-35(28)43)40(54)49-41(37(52)24-32(27(6)8-2)39(53)47-20-21-50(9-3)10-4)19-18-36-33(25-41)30-15-13-16-34(38(30)48-36)42(44,45)46/h11-17,26-27,31-32,48H,7-10,18-25H2,1-6H3,(H,47,53)(H,49,54)/t26?,27?,31-,32-,41+/m0/s1. The third-order valence-electron chi connectivity index (χ3n) is 11.7. The fraction of sp³-hybridized carbons (Fsp3) is 0.571. The molecule has 5 atom stereocenters. The Morgan fingerprint density at radius 2 is 1.54 bits per heavy atom. The SMILES string of the molecule is CCC(C)[C@H](CC(=O)[C@@]1(NC(=O)[C@@H](CC(=O)Cc2ccccc2F)C(C)CC)CCc2[nH]c3c(C(F)(F)F)cccc3c2C1)C(=O)NCCN(CC)CC. The van der Waals surface area contributed by atoms with Crippen molar-refractivity contribution in [3.05, 3.63) is 70.7 Å². The van der Waals surface area contributed by atoms with Crippen LogP contribution in [-0.2, 0) is 44.6 Å². The normalized spacial score (nSPS) is 18.1. The van der Waals surface area contributed by atoms with Crippen LogP contribution in [0.3, 0.4) is 0 Å². The van der Waals surface area contributed by atoms with Gasteiger partial charge in [0.15, 0.2) is 5.78 Å². The highest BCUT2D eigenvalue weighted by Gasteiger charge is 2.47. The van der Waals surface area contributed by atoms with Crippen LogP contribution >= 0.6 is 0 Å². The molecule has 54 heavy (non-hydrogen) atoms. The largest absolute Gasteiger partial charge is 0.418 e. The first-order chi connectivity index (χ1) is 25.6. The number of nitrogens with zero attached hydrogens (tertiary/aromatic N) is 1. The van der Waals surface area contributed by atoms with E-state index in [9.17, 15) is 36.7 Å². The molecule has 0 saturated carbocycles. The highest BCUT2D eigenvalue weighted by atomic mass is 19.4. The third kappa shape index (κ3) is 9.97. The number of halogens is 4. The van der Waals surface area contributed by atoms with Gasteiger partial charge in [-0.25, -0.2) is 4.39 Å². The number of rotatable bonds is 19. The number of hydrogen-bond acceptors (Lipinski definition) is 5. The minimum atomic E-state index is -4.62. The molecule has 0 bridgehead atoms. The van der Waals surface area contributed by atoms with Crippen molar-refractivity contribution in [3.8, 4) is 0 Å². The second-order valence-corrected chi connectivity index (χ2v) is 15.0. The van der Waals surface area contributed by atoms with Crippen molar-refractivity contribution in [2.24, 2.45) is 23.7 Å². The Hall–Kier alpha value is -4.06. The number of alkyl halides is 3. The zero-order valence-electron chi connectivity index (χ0n) is 32.4. The summed E-state index contributed by atoms with van der Waals surface area (Å²) < 4.78 is 56.7. The number of carbonyl (C=O) groups excluding carboxylic acids is 4. The molecule has 0 aliphatic heterocycles. The summed E-state index contributed by atoms with van der Waals surface area (Å²) in [4.78, 5) is 61.4. The van der Waals surface area contributed by atoms with E-state index in [1.807, 2.05) is 41.5 Å². The Balaban J connectivity index is 1.71. The van der Waals surface area contributed by atoms with Crippen LogP contribution in [0.5, 0.6) is 0 Å². The van der Waals surface area contributed by atoms with Gasteiger partial charge in [-0.1, -0.05) is 84.7 Å². The van der Waals surface area contributed by atoms with Crippen LogP contribution in [0.25, 0.3) is 10.9 Å². The van der Waals surface area contributed by atoms with Gasteiger partial charge in [0, 0.05) is 61.7 Å². The Labute approximate surface area is 316 Å². The smallest absolute Gasteiger partial charge is 0.358 e. The zero-order valence-corrected chi connectivity index (χ0v) is 32.4. The van der Waals surface area contributed by atoms with Crippen molar-refractivity contribution >= 4 is 34.3 Å². The fourth-order valence-electron chi connectivity index (χ4n) is 7.70. The van der Waals surface area contributed by atoms with Crippen LogP contribution in [-0.4, -0.2) is 65.0 Å². The molecule has 3 N–H and O–H groups in total. The number of aryl methyl sites for hydroxylation is 1. The van der Waals surface area contributed by atoms with Gasteiger partial charge >= 0.3 is 6.18 Å². The van der Waals surface area contributed by atoms with Gasteiger partial charge in [0.1, 0.15) is 17.1 Å². The van der Waals surface area contributed by atoms with E-state index in [1.54, 1.807) is 12.1 Å². The summed E-state index contributed by atoms with van der Waals surface area (Å²) in [6.45, 7) is 14.4. The minimum Gasteiger partial charge on any atom is -0.358 e. The van der Waals surface area contributed by atoms with Gasteiger partial charge in [0.25, 0.3) is 0 Å². The van der Waals surface area contributed by atoms with Crippen molar-refractivity contribution in [2.45, 2.75) is 105 Å². The number of ketones is 2. The zero-order chi connectivity index (χ0) is 39.8. The molecule has 2 amide bonds. The monoisotopic (exact) mass is 756 g/mol. The molecule has 4 rings (SSSR count). The number of hydrogen-bond donors (Lipinski definition) is 3. The quantitative estimate of drug-likeness (QED) is 0.109. The van der Waals surface area contributed by atoms with Crippen LogP contribution in [0.4, 0.5) is 17.6 Å². The second-order valence-electron chi connectivity index (χ2n) is 15.0. The van der Waals surface area contributed by atoms with Crippen LogP contribution < -0.4 is 10.6 Å². The molecule has 2 unspecified atom stereocenters. The molecule has 0 radical (unpaired) electrons. The molecular formula is C42H56F4N4O4. The fourth-order valence-corrected chi connectivity index (χ4v) is 7.70. The lowest BCUT2D eigenvalue weighted by Crippen LogP contribution is -2.60. The van der Waals surface area contributed by atoms with Crippen LogP contribution in [0.15, 0.2) is 42.5 Å². The molecule has 296 valence electrons. The summed E-state index contributed by atoms with van der Waals surface area (Å²) in [5.74, 6) is -4.04. The molecule has 1 aromatic heterocycles. The van der Waals surface area contributed by atoms with Gasteiger partial charge in [0.05, 0.1) is 11.1 Å². The molecule has 1 aliphatic rings. The number of benzene rings is 2. The topological polar surface area (TPSA) is 111 Å². The maximum atomic E-state index is 14.8. The molecule has 1 aliphatic carbocycles. The number of carbonyl (C=O) groups is 4. The minimum absolute atomic E-state index is 0.0779. The van der Waals surface area contributed by atoms with E-state index < -0.39 is 40.8 Å². The first-order valence-corrected chi connectivity index (χ1v) is 19.4. The highest BCUT2D eigenvalue weighted by Crippen LogP contribution is 2.41. The van der Waals surface area contributed by atoms with E-state index in [-0.39, 0.29) is 78.9 Å². The van der Waals surface area contributed by atoms with Crippen LogP contribution in [0.2, 0.25) is 0 Å². The second kappa shape index (κ2) is 18.5. The van der Waals surface area contributed by atoms with Crippen molar-refractivity contribution in [3.63, 3.8) is 0 Å². The van der Waals surface area contributed by atoms with Crippen molar-refractivity contribution in [1.82, 2.24) is 20.5 Å². The molecule has 2 aromatic carbocycles. The van der Waals surface area contributed by atoms with E-state index in [4.69, 9.17) is 0 Å². The summed E-state index contributed by atoms with van der Waals surface area (Å²) in [7, 11) is 0. The van der Waals surface area contributed by atoms with Crippen LogP contribution in [0.1, 0.15) is 96.0 Å². The lowest BCUT2D eigenvalue weighted by atomic mass is 9.72. The Morgan fingerprint density at radius 3 is 2.15 bits per heavy atom. The highest BCUT2D eigenvalue weighted by molar-refractivity contribution is 5.99. The summed E-state index contributed by atoms with van der Waals surface area (Å²) in [6.07, 6.45) is -3.83. The number of fused-ring (bicyclic) bond motifs is 3. The summed E-state index contributed by atoms with van der Waals surface area (Å²) in [5.41, 5.74) is -1.16. The molecule has 3 aromatic rings. The average Bonchev–Trinajstić information content (AvgIpc) is 3.51. The van der Waals surface area contributed by atoms with E-state index in [2.05, 4.69) is 20.5 Å². The molecule has 8 nitrogen and oxygen atoms in total. The number of Topliss-reactive ketones (excluding diaryl/α,β-unsaturated/α-hetero) is 2. The van der Waals surface area contributed by atoms with Gasteiger partial charge in [-0.2, -0.15) is 13.2 Å². The third-order valence-corrected chi connectivity index (χ3v) is 11.7. The molecule has 0 spiro atoms. The Kier molecular flexibility index (Phi) is 14.6. The van der Waals surface area contributed by atoms with Crippen LogP contribution in [0, 0.1) is 29.5 Å². The summed E-state index contributed by atoms with van der Waals surface area (Å²) in [5, 5.41) is 6.38. The van der Waals surface area contributed by atoms with Crippen molar-refractivity contribution < 1.29 is 36.7 Å². The maximum Gasteiger partial charge on any atom is 0.418 e. The van der Waals surface area contributed by atoms with Gasteiger partial charge in [-0.05, 0) is 61.0 Å². The van der Waals surface area contributed by atoms with E-state index in [0.717, 1.165) is 19.2 Å². The molecule has 1 heterocycles. The predicted octanol–water partition coefficient (Wildman–Crippen LogP) is 7.61. The summed E-state index contributed by atoms with van der Waals surface area (Å²) in [6, 6.07) is 9.89. The number of likely N-dealkylation sites (N-methyl/N-ethyl adjacent to an activating group) is 1. The first-order valence-electron chi connectivity index (χ1n) is 19.4. The lowest BCUT2D eigenvalue weighted by Gasteiger charge is -2.39. The number of nitrogens with one attached hydrogen (secondary N) is 3. The van der Waals surface area contributed by atoms with E-state index in [0.29, 0.717) is 42.6 Å². The van der Waals surface area contributed by atoms with E-state index >= 15 is 0 Å². The molecule has 0 fully saturated rings. The average molecular weight is 757 g/mol. The number of H-pyrrole nitrogens is 1. The lowest BCUT2D eigenvalue weighted by molar-refractivity contribution is -0.139. The van der Waals surface area contributed by atoms with E-state index in [1.165, 1.54) is 24.3 Å². The van der Waals surface area contributed by atoms with Gasteiger partial charge in [-0.15, -0.1) is 0 Å². The van der Waals surface area contributed by atoms with Crippen molar-refractivity contribution in [2.75, 3.05) is 26.2 Å². The summed E-state index contributed by atoms with van der Waals surface area (Å²) >= 11 is 0. The molecular weight excluding hydrogens is 700 g/mol. The number of aromatic nitrogens is 1. The molecule has 12 heteroatoms. The maximum absolute atomic E-state index is 14.8. The number of aromatic amines is 1.